The lowest BCUT2D eigenvalue weighted by atomic mass is 10.0. The molecule has 0 atom stereocenters. The molecule has 0 aliphatic rings. The Morgan fingerprint density at radius 2 is 1.96 bits per heavy atom. The van der Waals surface area contributed by atoms with Crippen molar-refractivity contribution < 1.29 is 14.6 Å². The van der Waals surface area contributed by atoms with Crippen molar-refractivity contribution in [1.29, 1.82) is 0 Å². The molecule has 150 valence electrons. The zero-order valence-electron chi connectivity index (χ0n) is 15.3. The minimum absolute atomic E-state index is 0.0190. The standard InChI is InChI=1S/C19H18Br3ClN2O3/c1-9(2)13-6-14(20)10(3)17(22)19(13)28-8-16(26)25-24-7-11-4-12(23)5-15(21)18(11)27/h4-7,9,27H,8H2,1-3H3,(H,25,26)/b24-7+. The predicted molar refractivity (Wildman–Crippen MR) is 123 cm³/mol. The smallest absolute Gasteiger partial charge is 0.277 e. The summed E-state index contributed by atoms with van der Waals surface area (Å²) in [4.78, 5) is 12.1. The van der Waals surface area contributed by atoms with Crippen LogP contribution in [0.5, 0.6) is 11.5 Å². The molecule has 2 aromatic rings. The summed E-state index contributed by atoms with van der Waals surface area (Å²) in [6.07, 6.45) is 1.31. The first-order valence-electron chi connectivity index (χ1n) is 8.23. The lowest BCUT2D eigenvalue weighted by molar-refractivity contribution is -0.123. The molecular formula is C19H18Br3ClN2O3. The molecule has 0 bridgehead atoms. The number of nitrogens with one attached hydrogen (secondary N) is 1. The summed E-state index contributed by atoms with van der Waals surface area (Å²) in [6, 6.07) is 5.09. The fourth-order valence-corrected chi connectivity index (χ4v) is 4.42. The molecule has 0 saturated heterocycles. The summed E-state index contributed by atoms with van der Waals surface area (Å²) in [5, 5.41) is 14.2. The molecule has 0 unspecified atom stereocenters. The molecule has 2 N–H and O–H groups in total. The van der Waals surface area contributed by atoms with Crippen molar-refractivity contribution in [1.82, 2.24) is 5.43 Å². The van der Waals surface area contributed by atoms with Crippen LogP contribution in [0.3, 0.4) is 0 Å². The van der Waals surface area contributed by atoms with Gasteiger partial charge in [0.1, 0.15) is 11.5 Å². The molecule has 0 spiro atoms. The minimum Gasteiger partial charge on any atom is -0.506 e. The third-order valence-electron chi connectivity index (χ3n) is 3.85. The van der Waals surface area contributed by atoms with Crippen molar-refractivity contribution in [2.75, 3.05) is 6.61 Å². The Labute approximate surface area is 193 Å². The Bertz CT molecular complexity index is 933. The van der Waals surface area contributed by atoms with Crippen molar-refractivity contribution in [2.45, 2.75) is 26.7 Å². The van der Waals surface area contributed by atoms with E-state index in [0.29, 0.717) is 20.8 Å². The summed E-state index contributed by atoms with van der Waals surface area (Å²) in [5.74, 6) is 0.397. The van der Waals surface area contributed by atoms with Crippen LogP contribution in [0, 0.1) is 6.92 Å². The van der Waals surface area contributed by atoms with E-state index >= 15 is 0 Å². The molecule has 0 aromatic heterocycles. The van der Waals surface area contributed by atoms with Crippen molar-refractivity contribution in [2.24, 2.45) is 5.10 Å². The van der Waals surface area contributed by atoms with Gasteiger partial charge in [-0.1, -0.05) is 41.4 Å². The van der Waals surface area contributed by atoms with Crippen molar-refractivity contribution in [3.05, 3.63) is 53.3 Å². The number of carbonyl (C=O) groups excluding carboxylic acids is 1. The molecule has 28 heavy (non-hydrogen) atoms. The van der Waals surface area contributed by atoms with Crippen LogP contribution in [0.2, 0.25) is 5.02 Å². The summed E-state index contributed by atoms with van der Waals surface area (Å²) < 4.78 is 7.97. The summed E-state index contributed by atoms with van der Waals surface area (Å²) in [5.41, 5.74) is 4.71. The highest BCUT2D eigenvalue weighted by Gasteiger charge is 2.17. The fourth-order valence-electron chi connectivity index (χ4n) is 2.32. The van der Waals surface area contributed by atoms with Crippen LogP contribution in [-0.2, 0) is 4.79 Å². The molecule has 0 aliphatic heterocycles. The highest BCUT2D eigenvalue weighted by atomic mass is 79.9. The van der Waals surface area contributed by atoms with E-state index in [1.807, 2.05) is 13.0 Å². The second-order valence-electron chi connectivity index (χ2n) is 6.28. The van der Waals surface area contributed by atoms with Crippen LogP contribution < -0.4 is 10.2 Å². The van der Waals surface area contributed by atoms with Gasteiger partial charge in [0.2, 0.25) is 0 Å². The highest BCUT2D eigenvalue weighted by molar-refractivity contribution is 9.11. The third-order valence-corrected chi connectivity index (χ3v) is 6.45. The average molecular weight is 598 g/mol. The van der Waals surface area contributed by atoms with E-state index in [9.17, 15) is 9.90 Å². The van der Waals surface area contributed by atoms with Crippen molar-refractivity contribution in [3.8, 4) is 11.5 Å². The maximum Gasteiger partial charge on any atom is 0.277 e. The van der Waals surface area contributed by atoms with Crippen LogP contribution in [0.15, 0.2) is 36.7 Å². The van der Waals surface area contributed by atoms with Gasteiger partial charge in [-0.25, -0.2) is 5.43 Å². The highest BCUT2D eigenvalue weighted by Crippen LogP contribution is 2.40. The Hall–Kier alpha value is -1.09. The molecule has 0 heterocycles. The molecule has 0 saturated carbocycles. The Morgan fingerprint density at radius 3 is 2.61 bits per heavy atom. The van der Waals surface area contributed by atoms with Crippen molar-refractivity contribution >= 4 is 71.5 Å². The first-order valence-corrected chi connectivity index (χ1v) is 11.0. The second kappa shape index (κ2) is 10.1. The Balaban J connectivity index is 2.07. The monoisotopic (exact) mass is 594 g/mol. The topological polar surface area (TPSA) is 70.9 Å². The van der Waals surface area contributed by atoms with Gasteiger partial charge in [-0.15, -0.1) is 0 Å². The number of hydrazone groups is 1. The number of phenols is 1. The minimum atomic E-state index is -0.431. The van der Waals surface area contributed by atoms with Gasteiger partial charge in [0.15, 0.2) is 6.61 Å². The number of aromatic hydroxyl groups is 1. The largest absolute Gasteiger partial charge is 0.506 e. The van der Waals surface area contributed by atoms with Crippen LogP contribution in [0.1, 0.15) is 36.5 Å². The van der Waals surface area contributed by atoms with E-state index in [-0.39, 0.29) is 18.3 Å². The molecule has 1 amide bonds. The predicted octanol–water partition coefficient (Wildman–Crippen LogP) is 6.29. The van der Waals surface area contributed by atoms with Crippen LogP contribution in [-0.4, -0.2) is 23.8 Å². The molecule has 2 rings (SSSR count). The van der Waals surface area contributed by atoms with E-state index in [1.165, 1.54) is 12.3 Å². The fraction of sp³-hybridized carbons (Fsp3) is 0.263. The number of hydrogen-bond donors (Lipinski definition) is 2. The SMILES string of the molecule is Cc1c(Br)cc(C(C)C)c(OCC(=O)N/N=C/c2cc(Cl)cc(Br)c2O)c1Br. The molecule has 0 radical (unpaired) electrons. The van der Waals surface area contributed by atoms with Crippen LogP contribution >= 0.6 is 59.4 Å². The number of rotatable bonds is 6. The van der Waals surface area contributed by atoms with Gasteiger partial charge in [-0.3, -0.25) is 4.79 Å². The van der Waals surface area contributed by atoms with E-state index < -0.39 is 5.91 Å². The van der Waals surface area contributed by atoms with Gasteiger partial charge < -0.3 is 9.84 Å². The number of carbonyl (C=O) groups is 1. The lowest BCUT2D eigenvalue weighted by Crippen LogP contribution is -2.25. The van der Waals surface area contributed by atoms with Crippen molar-refractivity contribution in [3.63, 3.8) is 0 Å². The molecule has 0 aliphatic carbocycles. The van der Waals surface area contributed by atoms with Gasteiger partial charge in [0.05, 0.1) is 15.2 Å². The third kappa shape index (κ3) is 5.72. The van der Waals surface area contributed by atoms with Gasteiger partial charge in [-0.05, 0) is 74.0 Å². The van der Waals surface area contributed by atoms with Crippen LogP contribution in [0.25, 0.3) is 0 Å². The molecule has 0 fully saturated rings. The molecule has 5 nitrogen and oxygen atoms in total. The summed E-state index contributed by atoms with van der Waals surface area (Å²) >= 11 is 16.2. The van der Waals surface area contributed by atoms with Gasteiger partial charge >= 0.3 is 0 Å². The maximum atomic E-state index is 12.1. The van der Waals surface area contributed by atoms with Gasteiger partial charge in [0.25, 0.3) is 5.91 Å². The number of amides is 1. The number of benzene rings is 2. The van der Waals surface area contributed by atoms with Gasteiger partial charge in [-0.2, -0.15) is 5.10 Å². The Kier molecular flexibility index (Phi) is 8.36. The molecule has 2 aromatic carbocycles. The van der Waals surface area contributed by atoms with E-state index in [2.05, 4.69) is 72.2 Å². The number of halogens is 4. The number of nitrogens with zero attached hydrogens (tertiary/aromatic N) is 1. The Morgan fingerprint density at radius 1 is 1.29 bits per heavy atom. The van der Waals surface area contributed by atoms with E-state index in [1.54, 1.807) is 6.07 Å². The summed E-state index contributed by atoms with van der Waals surface area (Å²) in [6.45, 7) is 5.85. The normalized spacial score (nSPS) is 11.3. The maximum absolute atomic E-state index is 12.1. The average Bonchev–Trinajstić information content (AvgIpc) is 2.62. The molecular weight excluding hydrogens is 579 g/mol. The molecule has 9 heteroatoms. The van der Waals surface area contributed by atoms with Gasteiger partial charge in [0, 0.05) is 15.1 Å². The second-order valence-corrected chi connectivity index (χ2v) is 9.22. The quantitative estimate of drug-likeness (QED) is 0.304. The number of ether oxygens (including phenoxy) is 1. The summed E-state index contributed by atoms with van der Waals surface area (Å²) in [7, 11) is 0. The first-order chi connectivity index (χ1) is 13.1. The zero-order chi connectivity index (χ0) is 21.0. The van der Waals surface area contributed by atoms with E-state index in [4.69, 9.17) is 16.3 Å². The van der Waals surface area contributed by atoms with E-state index in [0.717, 1.165) is 20.1 Å². The number of hydrogen-bond acceptors (Lipinski definition) is 4. The number of phenolic OH excluding ortho intramolecular Hbond substituents is 1. The first kappa shape index (κ1) is 23.2. The van der Waals surface area contributed by atoms with Crippen LogP contribution in [0.4, 0.5) is 0 Å². The zero-order valence-corrected chi connectivity index (χ0v) is 20.8. The lowest BCUT2D eigenvalue weighted by Gasteiger charge is -2.18.